The van der Waals surface area contributed by atoms with Crippen LogP contribution >= 0.6 is 23.2 Å². The molecule has 0 spiro atoms. The van der Waals surface area contributed by atoms with E-state index in [1.165, 1.54) is 11.0 Å². The van der Waals surface area contributed by atoms with E-state index in [1.54, 1.807) is 61.5 Å². The maximum atomic E-state index is 12.9. The Hall–Kier alpha value is -3.02. The monoisotopic (exact) mass is 427 g/mol. The SMILES string of the molecule is Cc1ccc(C2/C(=C(/O)c3cccc(Cl)c3)C(=O)C(=O)N2c2ccc(Cl)cc2)o1. The first-order valence-corrected chi connectivity index (χ1v) is 9.51. The second-order valence-corrected chi connectivity index (χ2v) is 7.48. The van der Waals surface area contributed by atoms with Crippen LogP contribution in [-0.4, -0.2) is 16.8 Å². The molecule has 1 saturated heterocycles. The topological polar surface area (TPSA) is 70.8 Å². The number of aliphatic hydroxyl groups excluding tert-OH is 1. The van der Waals surface area contributed by atoms with Gasteiger partial charge in [0.2, 0.25) is 0 Å². The lowest BCUT2D eigenvalue weighted by Gasteiger charge is -2.23. The molecule has 0 saturated carbocycles. The average Bonchev–Trinajstić information content (AvgIpc) is 3.23. The number of benzene rings is 2. The molecule has 4 rings (SSSR count). The molecule has 0 radical (unpaired) electrons. The summed E-state index contributed by atoms with van der Waals surface area (Å²) in [6.07, 6.45) is 0. The Labute approximate surface area is 176 Å². The first kappa shape index (κ1) is 19.3. The van der Waals surface area contributed by atoms with Crippen LogP contribution in [0.15, 0.2) is 70.7 Å². The number of carbonyl (C=O) groups is 2. The molecule has 1 unspecified atom stereocenters. The third-order valence-electron chi connectivity index (χ3n) is 4.68. The number of carbonyl (C=O) groups excluding carboxylic acids is 2. The fraction of sp³-hybridized carbons (Fsp3) is 0.0909. The van der Waals surface area contributed by atoms with E-state index in [4.69, 9.17) is 27.6 Å². The molecule has 1 atom stereocenters. The summed E-state index contributed by atoms with van der Waals surface area (Å²) in [6.45, 7) is 1.76. The van der Waals surface area contributed by atoms with Crippen LogP contribution in [-0.2, 0) is 9.59 Å². The van der Waals surface area contributed by atoms with Gasteiger partial charge in [-0.3, -0.25) is 14.5 Å². The molecule has 1 N–H and O–H groups in total. The summed E-state index contributed by atoms with van der Waals surface area (Å²) >= 11 is 12.0. The summed E-state index contributed by atoms with van der Waals surface area (Å²) in [6, 6.07) is 15.4. The third-order valence-corrected chi connectivity index (χ3v) is 5.16. The minimum atomic E-state index is -0.927. The van der Waals surface area contributed by atoms with Gasteiger partial charge in [0.1, 0.15) is 23.3 Å². The van der Waals surface area contributed by atoms with E-state index in [-0.39, 0.29) is 11.3 Å². The summed E-state index contributed by atoms with van der Waals surface area (Å²) < 4.78 is 5.74. The molecule has 1 aliphatic heterocycles. The molecule has 2 aromatic carbocycles. The number of hydrogen-bond acceptors (Lipinski definition) is 4. The van der Waals surface area contributed by atoms with Crippen molar-refractivity contribution in [3.8, 4) is 0 Å². The van der Waals surface area contributed by atoms with Gasteiger partial charge in [-0.15, -0.1) is 0 Å². The first-order valence-electron chi connectivity index (χ1n) is 8.75. The lowest BCUT2D eigenvalue weighted by molar-refractivity contribution is -0.132. The van der Waals surface area contributed by atoms with Gasteiger partial charge < -0.3 is 9.52 Å². The molecule has 29 heavy (non-hydrogen) atoms. The molecule has 5 nitrogen and oxygen atoms in total. The Bertz CT molecular complexity index is 1150. The minimum Gasteiger partial charge on any atom is -0.507 e. The lowest BCUT2D eigenvalue weighted by Crippen LogP contribution is -2.29. The summed E-state index contributed by atoms with van der Waals surface area (Å²) in [7, 11) is 0. The number of aliphatic hydroxyl groups is 1. The zero-order valence-corrected chi connectivity index (χ0v) is 16.7. The highest BCUT2D eigenvalue weighted by Gasteiger charge is 2.48. The standard InChI is InChI=1S/C22H15Cl2NO4/c1-12-5-10-17(29-12)19-18(20(26)13-3-2-4-15(24)11-13)21(27)22(28)25(19)16-8-6-14(23)7-9-16/h2-11,19,26H,1H3/b20-18-. The van der Waals surface area contributed by atoms with Gasteiger partial charge in [0.25, 0.3) is 11.7 Å². The predicted octanol–water partition coefficient (Wildman–Crippen LogP) is 5.52. The molecule has 1 fully saturated rings. The molecule has 3 aromatic rings. The minimum absolute atomic E-state index is 0.0680. The van der Waals surface area contributed by atoms with Crippen molar-refractivity contribution in [3.05, 3.63) is 93.4 Å². The van der Waals surface area contributed by atoms with Crippen molar-refractivity contribution in [3.63, 3.8) is 0 Å². The van der Waals surface area contributed by atoms with Gasteiger partial charge in [-0.05, 0) is 55.5 Å². The molecule has 146 valence electrons. The summed E-state index contributed by atoms with van der Waals surface area (Å²) in [5, 5.41) is 11.8. The summed E-state index contributed by atoms with van der Waals surface area (Å²) in [5.74, 6) is -0.919. The first-order chi connectivity index (χ1) is 13.9. The van der Waals surface area contributed by atoms with Crippen LogP contribution in [0.25, 0.3) is 5.76 Å². The van der Waals surface area contributed by atoms with E-state index in [0.29, 0.717) is 32.8 Å². The van der Waals surface area contributed by atoms with Gasteiger partial charge in [0.05, 0.1) is 5.57 Å². The van der Waals surface area contributed by atoms with Crippen LogP contribution in [0.1, 0.15) is 23.1 Å². The summed E-state index contributed by atoms with van der Waals surface area (Å²) in [5.41, 5.74) is 0.724. The molecule has 1 amide bonds. The fourth-order valence-electron chi connectivity index (χ4n) is 3.36. The van der Waals surface area contributed by atoms with E-state index < -0.39 is 17.7 Å². The van der Waals surface area contributed by atoms with E-state index in [2.05, 4.69) is 0 Å². The van der Waals surface area contributed by atoms with Gasteiger partial charge in [-0.25, -0.2) is 0 Å². The smallest absolute Gasteiger partial charge is 0.300 e. The van der Waals surface area contributed by atoms with Gasteiger partial charge >= 0.3 is 0 Å². The van der Waals surface area contributed by atoms with Gasteiger partial charge in [-0.1, -0.05) is 35.3 Å². The van der Waals surface area contributed by atoms with Crippen LogP contribution in [0.3, 0.4) is 0 Å². The van der Waals surface area contributed by atoms with Crippen molar-refractivity contribution < 1.29 is 19.1 Å². The zero-order chi connectivity index (χ0) is 20.7. The number of anilines is 1. The molecule has 1 aromatic heterocycles. The maximum Gasteiger partial charge on any atom is 0.300 e. The Kier molecular flexibility index (Phi) is 4.94. The number of nitrogens with zero attached hydrogens (tertiary/aromatic N) is 1. The Morgan fingerprint density at radius 2 is 1.72 bits per heavy atom. The van der Waals surface area contributed by atoms with Crippen molar-refractivity contribution in [2.75, 3.05) is 4.90 Å². The normalized spacial score (nSPS) is 18.4. The number of hydrogen-bond donors (Lipinski definition) is 1. The Balaban J connectivity index is 1.94. The number of aryl methyl sites for hydroxylation is 1. The summed E-state index contributed by atoms with van der Waals surface area (Å²) in [4.78, 5) is 27.2. The van der Waals surface area contributed by atoms with Crippen molar-refractivity contribution in [2.24, 2.45) is 0 Å². The molecule has 7 heteroatoms. The number of ketones is 1. The number of rotatable bonds is 3. The van der Waals surface area contributed by atoms with Gasteiger partial charge in [0.15, 0.2) is 0 Å². The Morgan fingerprint density at radius 1 is 1.00 bits per heavy atom. The number of halogens is 2. The quantitative estimate of drug-likeness (QED) is 0.339. The van der Waals surface area contributed by atoms with Crippen molar-refractivity contribution in [1.82, 2.24) is 0 Å². The van der Waals surface area contributed by atoms with Crippen LogP contribution < -0.4 is 4.90 Å². The second-order valence-electron chi connectivity index (χ2n) is 6.60. The van der Waals surface area contributed by atoms with Crippen LogP contribution in [0, 0.1) is 6.92 Å². The largest absolute Gasteiger partial charge is 0.507 e. The van der Waals surface area contributed by atoms with Gasteiger partial charge in [-0.2, -0.15) is 0 Å². The highest BCUT2D eigenvalue weighted by Crippen LogP contribution is 2.42. The molecule has 1 aliphatic rings. The van der Waals surface area contributed by atoms with Crippen LogP contribution in [0.4, 0.5) is 5.69 Å². The molecule has 2 heterocycles. The predicted molar refractivity (Wildman–Crippen MR) is 111 cm³/mol. The highest BCUT2D eigenvalue weighted by molar-refractivity contribution is 6.51. The van der Waals surface area contributed by atoms with Crippen LogP contribution in [0.2, 0.25) is 10.0 Å². The van der Waals surface area contributed by atoms with Gasteiger partial charge in [0, 0.05) is 21.3 Å². The average molecular weight is 428 g/mol. The molecule has 0 bridgehead atoms. The highest BCUT2D eigenvalue weighted by atomic mass is 35.5. The number of furan rings is 1. The van der Waals surface area contributed by atoms with Crippen molar-refractivity contribution in [1.29, 1.82) is 0 Å². The van der Waals surface area contributed by atoms with E-state index >= 15 is 0 Å². The third kappa shape index (κ3) is 3.43. The maximum absolute atomic E-state index is 12.9. The zero-order valence-electron chi connectivity index (χ0n) is 15.2. The molecular formula is C22H15Cl2NO4. The Morgan fingerprint density at radius 3 is 2.34 bits per heavy atom. The fourth-order valence-corrected chi connectivity index (χ4v) is 3.68. The number of Topliss-reactive ketones (excluding diaryl/α,β-unsaturated/α-hetero) is 1. The van der Waals surface area contributed by atoms with E-state index in [0.717, 1.165) is 0 Å². The van der Waals surface area contributed by atoms with Crippen LogP contribution in [0.5, 0.6) is 0 Å². The van der Waals surface area contributed by atoms with Crippen molar-refractivity contribution >= 4 is 46.3 Å². The second kappa shape index (κ2) is 7.43. The van der Waals surface area contributed by atoms with Crippen molar-refractivity contribution in [2.45, 2.75) is 13.0 Å². The molecule has 0 aliphatic carbocycles. The van der Waals surface area contributed by atoms with E-state index in [1.807, 2.05) is 0 Å². The molecular weight excluding hydrogens is 413 g/mol. The van der Waals surface area contributed by atoms with E-state index in [9.17, 15) is 14.7 Å². The lowest BCUT2D eigenvalue weighted by atomic mass is 9.99. The number of amides is 1.